The lowest BCUT2D eigenvalue weighted by Gasteiger charge is -2.32. The second-order valence-corrected chi connectivity index (χ2v) is 6.77. The fourth-order valence-electron chi connectivity index (χ4n) is 3.85. The van der Waals surface area contributed by atoms with Gasteiger partial charge in [-0.15, -0.1) is 0 Å². The molecule has 3 heterocycles. The van der Waals surface area contributed by atoms with Crippen molar-refractivity contribution in [2.75, 3.05) is 13.2 Å². The summed E-state index contributed by atoms with van der Waals surface area (Å²) >= 11 is 0. The molecule has 2 fully saturated rings. The number of fused-ring (bicyclic) bond motifs is 1. The molecule has 0 bridgehead atoms. The standard InChI is InChI=1S/C19H21FN4O2/c20-14-5-3-13(4-6-14)11-24-12-16(18-17(24)2-1-9-26-18)23-19(25)15-10-21-7-8-22-15/h3-8,10,16-18H,1-2,9,11-12H2,(H,23,25)/t16-,17-,18-/m1/s1. The van der Waals surface area contributed by atoms with Crippen molar-refractivity contribution in [3.05, 3.63) is 59.9 Å². The molecule has 3 atom stereocenters. The summed E-state index contributed by atoms with van der Waals surface area (Å²) in [6.07, 6.45) is 6.50. The van der Waals surface area contributed by atoms with Crippen molar-refractivity contribution in [2.24, 2.45) is 0 Å². The van der Waals surface area contributed by atoms with Crippen molar-refractivity contribution < 1.29 is 13.9 Å². The number of halogens is 1. The van der Waals surface area contributed by atoms with E-state index in [4.69, 9.17) is 4.74 Å². The Kier molecular flexibility index (Phi) is 4.90. The monoisotopic (exact) mass is 356 g/mol. The predicted molar refractivity (Wildman–Crippen MR) is 92.9 cm³/mol. The Hall–Kier alpha value is -2.38. The van der Waals surface area contributed by atoms with Crippen LogP contribution in [0.5, 0.6) is 0 Å². The third-order valence-electron chi connectivity index (χ3n) is 5.04. The second-order valence-electron chi connectivity index (χ2n) is 6.77. The summed E-state index contributed by atoms with van der Waals surface area (Å²) in [6, 6.07) is 6.72. The van der Waals surface area contributed by atoms with E-state index in [1.54, 1.807) is 12.1 Å². The first-order valence-corrected chi connectivity index (χ1v) is 8.88. The summed E-state index contributed by atoms with van der Waals surface area (Å²) < 4.78 is 19.1. The molecule has 1 N–H and O–H groups in total. The van der Waals surface area contributed by atoms with E-state index < -0.39 is 0 Å². The van der Waals surface area contributed by atoms with Gasteiger partial charge < -0.3 is 10.1 Å². The molecular formula is C19H21FN4O2. The Bertz CT molecular complexity index is 756. The lowest BCUT2D eigenvalue weighted by molar-refractivity contribution is -0.0211. The molecule has 136 valence electrons. The van der Waals surface area contributed by atoms with Gasteiger partial charge in [0.2, 0.25) is 0 Å². The average molecular weight is 356 g/mol. The average Bonchev–Trinajstić information content (AvgIpc) is 3.02. The van der Waals surface area contributed by atoms with Gasteiger partial charge >= 0.3 is 0 Å². The highest BCUT2D eigenvalue weighted by Crippen LogP contribution is 2.30. The van der Waals surface area contributed by atoms with Crippen molar-refractivity contribution in [2.45, 2.75) is 37.6 Å². The number of rotatable bonds is 4. The van der Waals surface area contributed by atoms with Gasteiger partial charge in [-0.05, 0) is 30.5 Å². The molecule has 1 aromatic carbocycles. The molecule has 7 heteroatoms. The number of likely N-dealkylation sites (tertiary alicyclic amines) is 1. The highest BCUT2D eigenvalue weighted by atomic mass is 19.1. The number of carbonyl (C=O) groups is 1. The van der Waals surface area contributed by atoms with Crippen LogP contribution in [0.3, 0.4) is 0 Å². The number of ether oxygens (including phenoxy) is 1. The van der Waals surface area contributed by atoms with E-state index in [2.05, 4.69) is 20.2 Å². The molecule has 0 spiro atoms. The molecule has 2 aliphatic heterocycles. The van der Waals surface area contributed by atoms with Gasteiger partial charge in [0, 0.05) is 38.1 Å². The molecular weight excluding hydrogens is 335 g/mol. The van der Waals surface area contributed by atoms with Crippen molar-refractivity contribution in [3.63, 3.8) is 0 Å². The molecule has 1 amide bonds. The fraction of sp³-hybridized carbons (Fsp3) is 0.421. The van der Waals surface area contributed by atoms with Crippen molar-refractivity contribution in [1.82, 2.24) is 20.2 Å². The van der Waals surface area contributed by atoms with Gasteiger partial charge in [0.1, 0.15) is 11.5 Å². The number of hydrogen-bond acceptors (Lipinski definition) is 5. The maximum atomic E-state index is 13.1. The van der Waals surface area contributed by atoms with E-state index >= 15 is 0 Å². The zero-order chi connectivity index (χ0) is 17.9. The van der Waals surface area contributed by atoms with Crippen LogP contribution in [-0.4, -0.2) is 52.1 Å². The van der Waals surface area contributed by atoms with Crippen LogP contribution in [0.1, 0.15) is 28.9 Å². The normalized spacial score (nSPS) is 25.7. The predicted octanol–water partition coefficient (Wildman–Crippen LogP) is 1.78. The molecule has 2 aliphatic rings. The van der Waals surface area contributed by atoms with E-state index in [1.165, 1.54) is 30.7 Å². The van der Waals surface area contributed by atoms with Crippen LogP contribution in [0.2, 0.25) is 0 Å². The van der Waals surface area contributed by atoms with Gasteiger partial charge in [0.15, 0.2) is 0 Å². The molecule has 0 radical (unpaired) electrons. The molecule has 4 rings (SSSR count). The maximum Gasteiger partial charge on any atom is 0.271 e. The van der Waals surface area contributed by atoms with Crippen molar-refractivity contribution in [3.8, 4) is 0 Å². The van der Waals surface area contributed by atoms with Crippen LogP contribution in [0, 0.1) is 5.82 Å². The number of carbonyl (C=O) groups excluding carboxylic acids is 1. The van der Waals surface area contributed by atoms with Crippen LogP contribution in [0.25, 0.3) is 0 Å². The third-order valence-corrected chi connectivity index (χ3v) is 5.04. The molecule has 2 saturated heterocycles. The Morgan fingerprint density at radius 2 is 2.15 bits per heavy atom. The van der Waals surface area contributed by atoms with Crippen LogP contribution >= 0.6 is 0 Å². The minimum absolute atomic E-state index is 0.0372. The van der Waals surface area contributed by atoms with Gasteiger partial charge in [0.25, 0.3) is 5.91 Å². The summed E-state index contributed by atoms with van der Waals surface area (Å²) in [5.74, 6) is -0.470. The summed E-state index contributed by atoms with van der Waals surface area (Å²) in [5, 5.41) is 3.05. The molecule has 26 heavy (non-hydrogen) atoms. The quantitative estimate of drug-likeness (QED) is 0.904. The molecule has 1 aromatic heterocycles. The highest BCUT2D eigenvalue weighted by molar-refractivity contribution is 5.92. The summed E-state index contributed by atoms with van der Waals surface area (Å²) in [4.78, 5) is 22.8. The lowest BCUT2D eigenvalue weighted by Crippen LogP contribution is -2.47. The topological polar surface area (TPSA) is 67.4 Å². The molecule has 6 nitrogen and oxygen atoms in total. The smallest absolute Gasteiger partial charge is 0.271 e. The largest absolute Gasteiger partial charge is 0.374 e. The van der Waals surface area contributed by atoms with Gasteiger partial charge in [-0.3, -0.25) is 14.7 Å². The first-order valence-electron chi connectivity index (χ1n) is 8.88. The minimum Gasteiger partial charge on any atom is -0.374 e. The summed E-state index contributed by atoms with van der Waals surface area (Å²) in [6.45, 7) is 2.12. The van der Waals surface area contributed by atoms with Gasteiger partial charge in [-0.1, -0.05) is 12.1 Å². The van der Waals surface area contributed by atoms with Crippen molar-refractivity contribution in [1.29, 1.82) is 0 Å². The number of aromatic nitrogens is 2. The number of benzene rings is 1. The zero-order valence-corrected chi connectivity index (χ0v) is 14.3. The van der Waals surface area contributed by atoms with Crippen molar-refractivity contribution >= 4 is 5.91 Å². The van der Waals surface area contributed by atoms with E-state index in [1.807, 2.05) is 0 Å². The van der Waals surface area contributed by atoms with E-state index in [0.717, 1.165) is 18.4 Å². The highest BCUT2D eigenvalue weighted by Gasteiger charge is 2.44. The molecule has 0 unspecified atom stereocenters. The van der Waals surface area contributed by atoms with Crippen LogP contribution in [0.15, 0.2) is 42.9 Å². The SMILES string of the molecule is O=C(N[C@@H]1CN(Cc2ccc(F)cc2)[C@@H]2CCCO[C@@H]21)c1cnccn1. The third kappa shape index (κ3) is 3.59. The van der Waals surface area contributed by atoms with Crippen LogP contribution in [-0.2, 0) is 11.3 Å². The Labute approximate surface area is 151 Å². The van der Waals surface area contributed by atoms with Gasteiger partial charge in [-0.25, -0.2) is 9.37 Å². The fourth-order valence-corrected chi connectivity index (χ4v) is 3.85. The number of nitrogens with zero attached hydrogens (tertiary/aromatic N) is 3. The zero-order valence-electron chi connectivity index (χ0n) is 14.3. The number of hydrogen-bond donors (Lipinski definition) is 1. The van der Waals surface area contributed by atoms with E-state index in [0.29, 0.717) is 25.4 Å². The first-order chi connectivity index (χ1) is 12.7. The van der Waals surface area contributed by atoms with Crippen LogP contribution in [0.4, 0.5) is 4.39 Å². The van der Waals surface area contributed by atoms with E-state index in [9.17, 15) is 9.18 Å². The molecule has 0 saturated carbocycles. The Morgan fingerprint density at radius 1 is 1.31 bits per heavy atom. The van der Waals surface area contributed by atoms with Gasteiger partial charge in [0.05, 0.1) is 18.3 Å². The maximum absolute atomic E-state index is 13.1. The Morgan fingerprint density at radius 3 is 2.92 bits per heavy atom. The number of nitrogens with one attached hydrogen (secondary N) is 1. The van der Waals surface area contributed by atoms with E-state index in [-0.39, 0.29) is 29.9 Å². The summed E-state index contributed by atoms with van der Waals surface area (Å²) in [7, 11) is 0. The second kappa shape index (κ2) is 7.47. The minimum atomic E-state index is -0.236. The van der Waals surface area contributed by atoms with Crippen LogP contribution < -0.4 is 5.32 Å². The first kappa shape index (κ1) is 17.1. The summed E-state index contributed by atoms with van der Waals surface area (Å²) in [5.41, 5.74) is 1.36. The Balaban J connectivity index is 1.47. The number of amides is 1. The van der Waals surface area contributed by atoms with Gasteiger partial charge in [-0.2, -0.15) is 0 Å². The lowest BCUT2D eigenvalue weighted by atomic mass is 10.0. The molecule has 0 aliphatic carbocycles. The molecule has 2 aromatic rings.